The van der Waals surface area contributed by atoms with E-state index in [1.807, 2.05) is 13.0 Å². The van der Waals surface area contributed by atoms with Crippen LogP contribution in [0.15, 0.2) is 47.4 Å². The summed E-state index contributed by atoms with van der Waals surface area (Å²) in [7, 11) is -3.69. The number of Topliss-reactive ketones (excluding diaryl/α,β-unsaturated/α-hetero) is 1. The maximum Gasteiger partial charge on any atom is 0.186 e. The maximum absolute atomic E-state index is 12.4. The van der Waals surface area contributed by atoms with Crippen LogP contribution in [0.3, 0.4) is 0 Å². The van der Waals surface area contributed by atoms with Gasteiger partial charge >= 0.3 is 0 Å². The molecule has 0 N–H and O–H groups in total. The van der Waals surface area contributed by atoms with Crippen molar-refractivity contribution in [3.8, 4) is 0 Å². The molecule has 0 aliphatic heterocycles. The van der Waals surface area contributed by atoms with E-state index in [4.69, 9.17) is 11.6 Å². The molecule has 0 saturated heterocycles. The number of carbonyl (C=O) groups is 1. The number of carbonyl (C=O) groups excluding carboxylic acids is 1. The zero-order valence-electron chi connectivity index (χ0n) is 11.8. The molecule has 0 saturated carbocycles. The van der Waals surface area contributed by atoms with Crippen molar-refractivity contribution < 1.29 is 13.2 Å². The Morgan fingerprint density at radius 1 is 1.10 bits per heavy atom. The van der Waals surface area contributed by atoms with Crippen LogP contribution in [-0.2, 0) is 9.84 Å². The minimum Gasteiger partial charge on any atom is -0.293 e. The number of hydrogen-bond donors (Lipinski definition) is 0. The number of rotatable bonds is 4. The van der Waals surface area contributed by atoms with Crippen LogP contribution in [0.2, 0.25) is 5.02 Å². The van der Waals surface area contributed by atoms with Crippen molar-refractivity contribution >= 4 is 27.2 Å². The van der Waals surface area contributed by atoms with Crippen molar-refractivity contribution in [3.05, 3.63) is 64.2 Å². The summed E-state index contributed by atoms with van der Waals surface area (Å²) in [5.41, 5.74) is 1.70. The highest BCUT2D eigenvalue weighted by atomic mass is 35.5. The summed E-state index contributed by atoms with van der Waals surface area (Å²) in [4.78, 5) is 12.4. The van der Waals surface area contributed by atoms with Gasteiger partial charge in [0.15, 0.2) is 15.6 Å². The van der Waals surface area contributed by atoms with Crippen LogP contribution < -0.4 is 0 Å². The third-order valence-corrected chi connectivity index (χ3v) is 5.26. The number of benzene rings is 2. The van der Waals surface area contributed by atoms with E-state index in [9.17, 15) is 13.2 Å². The molecule has 2 rings (SSSR count). The summed E-state index contributed by atoms with van der Waals surface area (Å²) >= 11 is 5.93. The third kappa shape index (κ3) is 3.52. The highest BCUT2D eigenvalue weighted by Crippen LogP contribution is 2.21. The van der Waals surface area contributed by atoms with Gasteiger partial charge in [-0.2, -0.15) is 0 Å². The minimum absolute atomic E-state index is 0.197. The Hall–Kier alpha value is -1.65. The van der Waals surface area contributed by atoms with E-state index in [2.05, 4.69) is 0 Å². The molecule has 0 spiro atoms. The largest absolute Gasteiger partial charge is 0.293 e. The summed E-state index contributed by atoms with van der Waals surface area (Å²) in [5, 5.41) is 0.263. The number of ketones is 1. The lowest BCUT2D eigenvalue weighted by atomic mass is 10.1. The summed E-state index contributed by atoms with van der Waals surface area (Å²) < 4.78 is 24.9. The monoisotopic (exact) mass is 322 g/mol. The molecule has 2 aromatic carbocycles. The summed E-state index contributed by atoms with van der Waals surface area (Å²) in [5.74, 6) is -1.08. The molecule has 2 aromatic rings. The van der Waals surface area contributed by atoms with Gasteiger partial charge in [-0.05, 0) is 43.2 Å². The maximum atomic E-state index is 12.4. The van der Waals surface area contributed by atoms with Gasteiger partial charge in [0.05, 0.1) is 9.92 Å². The van der Waals surface area contributed by atoms with Gasteiger partial charge in [0, 0.05) is 5.56 Å². The highest BCUT2D eigenvalue weighted by Gasteiger charge is 2.23. The van der Waals surface area contributed by atoms with Crippen LogP contribution in [0, 0.1) is 13.8 Å². The fourth-order valence-electron chi connectivity index (χ4n) is 2.06. The Morgan fingerprint density at radius 3 is 2.43 bits per heavy atom. The third-order valence-electron chi connectivity index (χ3n) is 3.17. The van der Waals surface area contributed by atoms with Crippen molar-refractivity contribution in [1.29, 1.82) is 0 Å². The highest BCUT2D eigenvalue weighted by molar-refractivity contribution is 7.92. The molecule has 0 unspecified atom stereocenters. The molecule has 0 aromatic heterocycles. The SMILES string of the molecule is Cc1ccc(C)c(S(=O)(=O)CC(=O)c2ccccc2Cl)c1. The fraction of sp³-hybridized carbons (Fsp3) is 0.188. The van der Waals surface area contributed by atoms with Crippen molar-refractivity contribution in [3.63, 3.8) is 0 Å². The Bertz CT molecular complexity index is 795. The van der Waals surface area contributed by atoms with Crippen molar-refractivity contribution in [2.45, 2.75) is 18.7 Å². The van der Waals surface area contributed by atoms with Gasteiger partial charge in [0.2, 0.25) is 0 Å². The van der Waals surface area contributed by atoms with E-state index in [1.165, 1.54) is 6.07 Å². The second kappa shape index (κ2) is 6.00. The minimum atomic E-state index is -3.69. The molecule has 0 atom stereocenters. The van der Waals surface area contributed by atoms with Crippen LogP contribution in [-0.4, -0.2) is 20.0 Å². The fourth-order valence-corrected chi connectivity index (χ4v) is 3.88. The lowest BCUT2D eigenvalue weighted by molar-refractivity contribution is 0.102. The van der Waals surface area contributed by atoms with Crippen LogP contribution in [0.1, 0.15) is 21.5 Å². The first-order valence-electron chi connectivity index (χ1n) is 6.39. The van der Waals surface area contributed by atoms with Crippen LogP contribution in [0.4, 0.5) is 0 Å². The molecule has 0 radical (unpaired) electrons. The quantitative estimate of drug-likeness (QED) is 0.808. The van der Waals surface area contributed by atoms with Gasteiger partial charge in [-0.1, -0.05) is 35.9 Å². The molecule has 0 aliphatic carbocycles. The Labute approximate surface area is 129 Å². The molecular formula is C16H15ClO3S. The molecule has 0 bridgehead atoms. The Morgan fingerprint density at radius 2 is 1.76 bits per heavy atom. The molecular weight excluding hydrogens is 308 g/mol. The van der Waals surface area contributed by atoms with E-state index >= 15 is 0 Å². The van der Waals surface area contributed by atoms with Gasteiger partial charge in [0.1, 0.15) is 5.75 Å². The molecule has 0 heterocycles. The topological polar surface area (TPSA) is 51.2 Å². The normalized spacial score (nSPS) is 11.4. The molecule has 0 fully saturated rings. The summed E-state index contributed by atoms with van der Waals surface area (Å²) in [6, 6.07) is 11.6. The second-order valence-corrected chi connectivity index (χ2v) is 7.30. The molecule has 0 amide bonds. The zero-order valence-corrected chi connectivity index (χ0v) is 13.3. The Kier molecular flexibility index (Phi) is 4.49. The van der Waals surface area contributed by atoms with Crippen molar-refractivity contribution in [2.75, 3.05) is 5.75 Å². The van der Waals surface area contributed by atoms with Crippen LogP contribution in [0.25, 0.3) is 0 Å². The van der Waals surface area contributed by atoms with Gasteiger partial charge in [-0.25, -0.2) is 8.42 Å². The van der Waals surface area contributed by atoms with Gasteiger partial charge in [-0.15, -0.1) is 0 Å². The van der Waals surface area contributed by atoms with Crippen molar-refractivity contribution in [2.24, 2.45) is 0 Å². The first-order chi connectivity index (χ1) is 9.81. The molecule has 110 valence electrons. The van der Waals surface area contributed by atoms with Crippen molar-refractivity contribution in [1.82, 2.24) is 0 Å². The molecule has 21 heavy (non-hydrogen) atoms. The van der Waals surface area contributed by atoms with E-state index in [0.717, 1.165) is 5.56 Å². The lowest BCUT2D eigenvalue weighted by Gasteiger charge is -2.09. The second-order valence-electron chi connectivity index (χ2n) is 4.93. The van der Waals surface area contributed by atoms with E-state index in [0.29, 0.717) is 5.56 Å². The molecule has 5 heteroatoms. The number of hydrogen-bond acceptors (Lipinski definition) is 3. The smallest absolute Gasteiger partial charge is 0.186 e. The molecule has 0 aliphatic rings. The van der Waals surface area contributed by atoms with Crippen LogP contribution in [0.5, 0.6) is 0 Å². The summed E-state index contributed by atoms with van der Waals surface area (Å²) in [6.45, 7) is 3.53. The number of sulfone groups is 1. The first kappa shape index (κ1) is 15.7. The average Bonchev–Trinajstić information content (AvgIpc) is 2.41. The van der Waals surface area contributed by atoms with E-state index in [1.54, 1.807) is 37.3 Å². The van der Waals surface area contributed by atoms with E-state index < -0.39 is 21.4 Å². The number of halogens is 1. The number of aryl methyl sites for hydroxylation is 2. The average molecular weight is 323 g/mol. The van der Waals surface area contributed by atoms with E-state index in [-0.39, 0.29) is 15.5 Å². The van der Waals surface area contributed by atoms with Gasteiger partial charge < -0.3 is 0 Å². The first-order valence-corrected chi connectivity index (χ1v) is 8.42. The van der Waals surface area contributed by atoms with Gasteiger partial charge in [-0.3, -0.25) is 4.79 Å². The summed E-state index contributed by atoms with van der Waals surface area (Å²) in [6.07, 6.45) is 0. The lowest BCUT2D eigenvalue weighted by Crippen LogP contribution is -2.17. The van der Waals surface area contributed by atoms with Crippen LogP contribution >= 0.6 is 11.6 Å². The Balaban J connectivity index is 2.36. The predicted octanol–water partition coefficient (Wildman–Crippen LogP) is 3.61. The van der Waals surface area contributed by atoms with Gasteiger partial charge in [0.25, 0.3) is 0 Å². The predicted molar refractivity (Wildman–Crippen MR) is 83.8 cm³/mol. The standard InChI is InChI=1S/C16H15ClO3S/c1-11-7-8-12(2)16(9-11)21(19,20)10-15(18)13-5-3-4-6-14(13)17/h3-9H,10H2,1-2H3. The molecule has 3 nitrogen and oxygen atoms in total. The zero-order chi connectivity index (χ0) is 15.6.